The van der Waals surface area contributed by atoms with Crippen LogP contribution in [0.15, 0.2) is 152 Å². The van der Waals surface area contributed by atoms with Crippen LogP contribution in [-0.4, -0.2) is 20.7 Å². The van der Waals surface area contributed by atoms with E-state index in [9.17, 15) is 4.79 Å². The minimum atomic E-state index is -0.241. The monoisotopic (exact) mass is 605 g/mol. The lowest BCUT2D eigenvalue weighted by Gasteiger charge is -2.34. The van der Waals surface area contributed by atoms with Crippen molar-refractivity contribution in [3.05, 3.63) is 174 Å². The third-order valence-electron chi connectivity index (χ3n) is 9.15. The fourth-order valence-electron chi connectivity index (χ4n) is 6.60. The summed E-state index contributed by atoms with van der Waals surface area (Å²) >= 11 is 0. The van der Waals surface area contributed by atoms with Crippen LogP contribution >= 0.6 is 0 Å². The van der Waals surface area contributed by atoms with Crippen LogP contribution in [0.5, 0.6) is 0 Å². The number of benzene rings is 6. The number of carbonyl (C=O) groups excluding carboxylic acids is 1. The molecule has 1 aromatic heterocycles. The number of ketones is 1. The van der Waals surface area contributed by atoms with Crippen LogP contribution in [0.2, 0.25) is 0 Å². The maximum Gasteiger partial charge on any atom is 0.193 e. The Kier molecular flexibility index (Phi) is 6.92. The molecule has 0 bridgehead atoms. The van der Waals surface area contributed by atoms with E-state index in [1.165, 1.54) is 0 Å². The van der Waals surface area contributed by atoms with Crippen molar-refractivity contribution in [3.63, 3.8) is 0 Å². The van der Waals surface area contributed by atoms with E-state index in [1.807, 2.05) is 91.0 Å². The van der Waals surface area contributed by atoms with E-state index in [0.29, 0.717) is 17.5 Å². The number of hydrogen-bond acceptors (Lipinski definition) is 4. The predicted octanol–water partition coefficient (Wildman–Crippen LogP) is 10.1. The highest BCUT2D eigenvalue weighted by atomic mass is 16.1. The molecule has 0 fully saturated rings. The van der Waals surface area contributed by atoms with Crippen LogP contribution in [0.4, 0.5) is 0 Å². The second kappa shape index (κ2) is 11.4. The normalized spacial score (nSPS) is 13.1. The van der Waals surface area contributed by atoms with Gasteiger partial charge in [-0.15, -0.1) is 0 Å². The highest BCUT2D eigenvalue weighted by molar-refractivity contribution is 6.13. The highest BCUT2D eigenvalue weighted by Crippen LogP contribution is 2.42. The Balaban J connectivity index is 1.13. The lowest BCUT2D eigenvalue weighted by molar-refractivity contribution is 0.103. The van der Waals surface area contributed by atoms with Gasteiger partial charge in [0, 0.05) is 33.2 Å². The molecule has 0 saturated carbocycles. The van der Waals surface area contributed by atoms with E-state index in [-0.39, 0.29) is 11.2 Å². The van der Waals surface area contributed by atoms with Gasteiger partial charge in [-0.05, 0) is 45.5 Å². The van der Waals surface area contributed by atoms with E-state index < -0.39 is 0 Å². The minimum absolute atomic E-state index is 0.0920. The van der Waals surface area contributed by atoms with E-state index in [0.717, 1.165) is 61.2 Å². The topological polar surface area (TPSA) is 55.7 Å². The maximum absolute atomic E-state index is 13.6. The zero-order chi connectivity index (χ0) is 32.0. The fourth-order valence-corrected chi connectivity index (χ4v) is 6.60. The molecule has 224 valence electrons. The van der Waals surface area contributed by atoms with Gasteiger partial charge in [0.25, 0.3) is 0 Å². The Bertz CT molecular complexity index is 2220. The molecule has 0 radical (unpaired) electrons. The fraction of sp³-hybridized carbons (Fsp3) is 0.0698. The first-order valence-electron chi connectivity index (χ1n) is 15.8. The third-order valence-corrected chi connectivity index (χ3v) is 9.15. The number of nitrogens with zero attached hydrogens (tertiary/aromatic N) is 3. The molecule has 0 unspecified atom stereocenters. The summed E-state index contributed by atoms with van der Waals surface area (Å²) in [5, 5.41) is 0. The number of aromatic nitrogens is 3. The van der Waals surface area contributed by atoms with Crippen molar-refractivity contribution in [1.29, 1.82) is 0 Å². The Morgan fingerprint density at radius 3 is 1.45 bits per heavy atom. The molecule has 0 spiro atoms. The average Bonchev–Trinajstić information content (AvgIpc) is 3.14. The Labute approximate surface area is 274 Å². The van der Waals surface area contributed by atoms with Crippen molar-refractivity contribution < 1.29 is 4.79 Å². The van der Waals surface area contributed by atoms with Crippen molar-refractivity contribution in [1.82, 2.24) is 15.0 Å². The molecular weight excluding hydrogens is 574 g/mol. The molecule has 0 atom stereocenters. The Morgan fingerprint density at radius 1 is 0.383 bits per heavy atom. The summed E-state index contributed by atoms with van der Waals surface area (Å²) in [7, 11) is 0. The van der Waals surface area contributed by atoms with Gasteiger partial charge in [-0.1, -0.05) is 153 Å². The molecule has 1 aliphatic rings. The van der Waals surface area contributed by atoms with Gasteiger partial charge in [0.05, 0.1) is 0 Å². The zero-order valence-electron chi connectivity index (χ0n) is 26.2. The Hall–Kier alpha value is -6.00. The Morgan fingerprint density at radius 2 is 0.830 bits per heavy atom. The number of fused-ring (bicyclic) bond motifs is 2. The molecule has 4 nitrogen and oxygen atoms in total. The largest absolute Gasteiger partial charge is 0.289 e. The summed E-state index contributed by atoms with van der Waals surface area (Å²) in [6.45, 7) is 4.39. The third kappa shape index (κ3) is 5.14. The first kappa shape index (κ1) is 28.5. The molecule has 47 heavy (non-hydrogen) atoms. The standard InChI is InChI=1S/C43H31N3O/c1-43(2)37-19-10-9-18-35(37)39(47)36-27-33(24-25-38(36)43)29-22-20-28(21-23-29)32-16-11-17-34(26-32)42-45-40(30-12-5-3-6-13-30)44-41(46-42)31-14-7-4-8-15-31/h3-27H,1-2H3. The van der Waals surface area contributed by atoms with E-state index >= 15 is 0 Å². The van der Waals surface area contributed by atoms with E-state index in [4.69, 9.17) is 15.0 Å². The summed E-state index contributed by atoms with van der Waals surface area (Å²) in [6, 6.07) is 51.1. The average molecular weight is 606 g/mol. The molecule has 0 N–H and O–H groups in total. The molecule has 1 aliphatic carbocycles. The summed E-state index contributed by atoms with van der Waals surface area (Å²) in [5.74, 6) is 1.99. The number of carbonyl (C=O) groups is 1. The van der Waals surface area contributed by atoms with Gasteiger partial charge >= 0.3 is 0 Å². The van der Waals surface area contributed by atoms with Gasteiger partial charge in [-0.2, -0.15) is 0 Å². The molecule has 0 saturated heterocycles. The van der Waals surface area contributed by atoms with Gasteiger partial charge in [0.15, 0.2) is 23.3 Å². The predicted molar refractivity (Wildman–Crippen MR) is 189 cm³/mol. The van der Waals surface area contributed by atoms with Gasteiger partial charge < -0.3 is 0 Å². The molecular formula is C43H31N3O. The van der Waals surface area contributed by atoms with Crippen LogP contribution < -0.4 is 0 Å². The molecule has 0 aliphatic heterocycles. The van der Waals surface area contributed by atoms with Crippen LogP contribution in [0.25, 0.3) is 56.4 Å². The van der Waals surface area contributed by atoms with Crippen molar-refractivity contribution in [2.24, 2.45) is 0 Å². The molecule has 0 amide bonds. The molecule has 1 heterocycles. The van der Waals surface area contributed by atoms with Crippen molar-refractivity contribution in [3.8, 4) is 56.4 Å². The number of hydrogen-bond donors (Lipinski definition) is 0. The van der Waals surface area contributed by atoms with Crippen molar-refractivity contribution in [2.45, 2.75) is 19.3 Å². The number of rotatable bonds is 5. The van der Waals surface area contributed by atoms with Gasteiger partial charge in [-0.25, -0.2) is 15.0 Å². The first-order chi connectivity index (χ1) is 23.0. The van der Waals surface area contributed by atoms with E-state index in [1.54, 1.807) is 0 Å². The maximum atomic E-state index is 13.6. The van der Waals surface area contributed by atoms with Gasteiger partial charge in [-0.3, -0.25) is 4.79 Å². The highest BCUT2D eigenvalue weighted by Gasteiger charge is 2.36. The summed E-state index contributed by atoms with van der Waals surface area (Å²) < 4.78 is 0. The lowest BCUT2D eigenvalue weighted by Crippen LogP contribution is -2.30. The molecule has 6 aromatic carbocycles. The SMILES string of the molecule is CC1(C)c2ccccc2C(=O)c2cc(-c3ccc(-c4cccc(-c5nc(-c6ccccc6)nc(-c6ccccc6)n5)c4)cc3)ccc21. The lowest BCUT2D eigenvalue weighted by atomic mass is 9.68. The summed E-state index contributed by atoms with van der Waals surface area (Å²) in [6.07, 6.45) is 0. The second-order valence-electron chi connectivity index (χ2n) is 12.5. The van der Waals surface area contributed by atoms with E-state index in [2.05, 4.69) is 74.5 Å². The molecule has 7 aromatic rings. The zero-order valence-corrected chi connectivity index (χ0v) is 26.2. The van der Waals surface area contributed by atoms with Crippen molar-refractivity contribution >= 4 is 5.78 Å². The van der Waals surface area contributed by atoms with Gasteiger partial charge in [0.2, 0.25) is 0 Å². The minimum Gasteiger partial charge on any atom is -0.289 e. The first-order valence-corrected chi connectivity index (χ1v) is 15.8. The smallest absolute Gasteiger partial charge is 0.193 e. The van der Waals surface area contributed by atoms with Crippen molar-refractivity contribution in [2.75, 3.05) is 0 Å². The van der Waals surface area contributed by atoms with Crippen LogP contribution in [-0.2, 0) is 5.41 Å². The summed E-state index contributed by atoms with van der Waals surface area (Å²) in [5.41, 5.74) is 10.5. The van der Waals surface area contributed by atoms with Crippen LogP contribution in [0.1, 0.15) is 40.9 Å². The molecule has 4 heteroatoms. The summed E-state index contributed by atoms with van der Waals surface area (Å²) in [4.78, 5) is 28.2. The second-order valence-corrected chi connectivity index (χ2v) is 12.5. The van der Waals surface area contributed by atoms with Crippen LogP contribution in [0, 0.1) is 0 Å². The molecule has 8 rings (SSSR count). The quantitative estimate of drug-likeness (QED) is 0.196. The van der Waals surface area contributed by atoms with Gasteiger partial charge in [0.1, 0.15) is 0 Å². The van der Waals surface area contributed by atoms with Crippen LogP contribution in [0.3, 0.4) is 0 Å².